The number of rotatable bonds is 8. The lowest BCUT2D eigenvalue weighted by Gasteiger charge is -2.11. The summed E-state index contributed by atoms with van der Waals surface area (Å²) in [6.45, 7) is 0.986. The smallest absolute Gasteiger partial charge is 0.251 e. The van der Waals surface area contributed by atoms with Crippen molar-refractivity contribution in [1.82, 2.24) is 15.3 Å². The molecule has 4 aromatic carbocycles. The van der Waals surface area contributed by atoms with E-state index in [-0.39, 0.29) is 11.7 Å². The Morgan fingerprint density at radius 3 is 2.33 bits per heavy atom. The van der Waals surface area contributed by atoms with Crippen molar-refractivity contribution < 1.29 is 9.18 Å². The van der Waals surface area contributed by atoms with Gasteiger partial charge in [-0.05, 0) is 65.1 Å². The van der Waals surface area contributed by atoms with Crippen LogP contribution in [-0.2, 0) is 13.0 Å². The molecule has 0 spiro atoms. The molecule has 178 valence electrons. The molecule has 5 rings (SSSR count). The van der Waals surface area contributed by atoms with Crippen LogP contribution >= 0.6 is 0 Å². The minimum atomic E-state index is -0.290. The van der Waals surface area contributed by atoms with E-state index in [2.05, 4.69) is 32.7 Å². The van der Waals surface area contributed by atoms with E-state index in [4.69, 9.17) is 0 Å². The van der Waals surface area contributed by atoms with Crippen LogP contribution in [0.25, 0.3) is 22.0 Å². The zero-order valence-corrected chi connectivity index (χ0v) is 19.6. The van der Waals surface area contributed by atoms with Crippen molar-refractivity contribution in [3.05, 3.63) is 126 Å². The van der Waals surface area contributed by atoms with E-state index in [9.17, 15) is 9.18 Å². The van der Waals surface area contributed by atoms with Gasteiger partial charge in [0.05, 0.1) is 5.52 Å². The van der Waals surface area contributed by atoms with Crippen molar-refractivity contribution in [1.29, 1.82) is 0 Å². The molecule has 1 aromatic heterocycles. The molecule has 5 nitrogen and oxygen atoms in total. The molecule has 6 heteroatoms. The average molecular weight is 477 g/mol. The Kier molecular flexibility index (Phi) is 6.94. The number of fused-ring (bicyclic) bond motifs is 1. The summed E-state index contributed by atoms with van der Waals surface area (Å²) in [5.74, 6) is 0.288. The Balaban J connectivity index is 1.34. The number of nitrogens with zero attached hydrogens (tertiary/aromatic N) is 2. The lowest BCUT2D eigenvalue weighted by molar-refractivity contribution is 0.0954. The molecular formula is C30H25FN4O. The summed E-state index contributed by atoms with van der Waals surface area (Å²) in [7, 11) is 0. The van der Waals surface area contributed by atoms with Crippen LogP contribution in [0.2, 0.25) is 0 Å². The van der Waals surface area contributed by atoms with Gasteiger partial charge >= 0.3 is 0 Å². The second-order valence-electron chi connectivity index (χ2n) is 8.47. The molecule has 5 aromatic rings. The summed E-state index contributed by atoms with van der Waals surface area (Å²) in [4.78, 5) is 21.1. The van der Waals surface area contributed by atoms with Gasteiger partial charge in [0.25, 0.3) is 5.91 Å². The van der Waals surface area contributed by atoms with Crippen LogP contribution in [0.4, 0.5) is 10.2 Å². The number of nitrogens with one attached hydrogen (secondary N) is 2. The molecule has 0 saturated heterocycles. The lowest BCUT2D eigenvalue weighted by Crippen LogP contribution is -2.25. The number of benzene rings is 4. The fraction of sp³-hybridized carbons (Fsp3) is 0.100. The normalized spacial score (nSPS) is 10.8. The first-order chi connectivity index (χ1) is 17.7. The molecule has 1 heterocycles. The zero-order chi connectivity index (χ0) is 24.7. The Morgan fingerprint density at radius 1 is 0.806 bits per heavy atom. The van der Waals surface area contributed by atoms with Gasteiger partial charge in [-0.15, -0.1) is 0 Å². The van der Waals surface area contributed by atoms with E-state index >= 15 is 0 Å². The van der Waals surface area contributed by atoms with Crippen molar-refractivity contribution in [2.45, 2.75) is 13.0 Å². The van der Waals surface area contributed by atoms with Crippen LogP contribution in [0.1, 0.15) is 21.5 Å². The second-order valence-corrected chi connectivity index (χ2v) is 8.47. The standard InChI is InChI=1S/C30H25FN4O/c31-27-13-11-23(17-25(27)15-16-32-30(36)22-9-5-2-6-10-22)24-12-14-28-26(18-24)29(35-20-34-28)33-19-21-7-3-1-4-8-21/h1-14,17-18,20H,15-16,19H2,(H,32,36)(H,33,34,35). The number of carbonyl (C=O) groups excluding carboxylic acids is 1. The summed E-state index contributed by atoms with van der Waals surface area (Å²) >= 11 is 0. The summed E-state index contributed by atoms with van der Waals surface area (Å²) in [6.07, 6.45) is 1.94. The molecular weight excluding hydrogens is 451 g/mol. The third-order valence-electron chi connectivity index (χ3n) is 6.03. The monoisotopic (exact) mass is 476 g/mol. The van der Waals surface area contributed by atoms with Crippen LogP contribution < -0.4 is 10.6 Å². The molecule has 0 saturated carbocycles. The van der Waals surface area contributed by atoms with Gasteiger partial charge in [0.2, 0.25) is 0 Å². The highest BCUT2D eigenvalue weighted by Crippen LogP contribution is 2.28. The summed E-state index contributed by atoms with van der Waals surface area (Å²) in [6, 6.07) is 30.1. The maximum absolute atomic E-state index is 14.6. The maximum atomic E-state index is 14.6. The molecule has 0 bridgehead atoms. The molecule has 1 amide bonds. The lowest BCUT2D eigenvalue weighted by atomic mass is 9.99. The number of anilines is 1. The highest BCUT2D eigenvalue weighted by Gasteiger charge is 2.10. The molecule has 0 fully saturated rings. The molecule has 0 aliphatic carbocycles. The number of hydrogen-bond donors (Lipinski definition) is 2. The third kappa shape index (κ3) is 5.39. The Bertz CT molecular complexity index is 1490. The average Bonchev–Trinajstić information content (AvgIpc) is 2.93. The van der Waals surface area contributed by atoms with Gasteiger partial charge < -0.3 is 10.6 Å². The van der Waals surface area contributed by atoms with Crippen LogP contribution in [0.3, 0.4) is 0 Å². The molecule has 0 aliphatic heterocycles. The van der Waals surface area contributed by atoms with E-state index < -0.39 is 0 Å². The summed E-state index contributed by atoms with van der Waals surface area (Å²) in [5.41, 5.74) is 4.95. The Morgan fingerprint density at radius 2 is 1.53 bits per heavy atom. The third-order valence-corrected chi connectivity index (χ3v) is 6.03. The first-order valence-electron chi connectivity index (χ1n) is 11.8. The van der Waals surface area contributed by atoms with Gasteiger partial charge in [0.15, 0.2) is 0 Å². The predicted molar refractivity (Wildman–Crippen MR) is 141 cm³/mol. The van der Waals surface area contributed by atoms with Crippen molar-refractivity contribution >= 4 is 22.6 Å². The van der Waals surface area contributed by atoms with E-state index in [0.29, 0.717) is 30.6 Å². The van der Waals surface area contributed by atoms with Crippen molar-refractivity contribution in [3.63, 3.8) is 0 Å². The largest absolute Gasteiger partial charge is 0.365 e. The highest BCUT2D eigenvalue weighted by atomic mass is 19.1. The van der Waals surface area contributed by atoms with Gasteiger partial charge in [0, 0.05) is 24.0 Å². The van der Waals surface area contributed by atoms with Crippen molar-refractivity contribution in [2.75, 3.05) is 11.9 Å². The fourth-order valence-electron chi connectivity index (χ4n) is 4.11. The minimum Gasteiger partial charge on any atom is -0.365 e. The molecule has 0 aliphatic rings. The van der Waals surface area contributed by atoms with Crippen LogP contribution in [-0.4, -0.2) is 22.4 Å². The number of amides is 1. The van der Waals surface area contributed by atoms with Crippen LogP contribution in [0.15, 0.2) is 103 Å². The van der Waals surface area contributed by atoms with E-state index in [1.807, 2.05) is 60.7 Å². The van der Waals surface area contributed by atoms with E-state index in [1.165, 1.54) is 6.07 Å². The van der Waals surface area contributed by atoms with Crippen LogP contribution in [0, 0.1) is 5.82 Å². The predicted octanol–water partition coefficient (Wildman–Crippen LogP) is 6.02. The van der Waals surface area contributed by atoms with Gasteiger partial charge in [-0.2, -0.15) is 0 Å². The Labute approximate surface area is 209 Å². The van der Waals surface area contributed by atoms with E-state index in [0.717, 1.165) is 33.4 Å². The Hall–Kier alpha value is -4.58. The number of halogens is 1. The topological polar surface area (TPSA) is 66.9 Å². The molecule has 36 heavy (non-hydrogen) atoms. The summed E-state index contributed by atoms with van der Waals surface area (Å²) in [5, 5.41) is 7.16. The first-order valence-corrected chi connectivity index (χ1v) is 11.8. The maximum Gasteiger partial charge on any atom is 0.251 e. The number of carbonyl (C=O) groups is 1. The van der Waals surface area contributed by atoms with Crippen LogP contribution in [0.5, 0.6) is 0 Å². The minimum absolute atomic E-state index is 0.169. The van der Waals surface area contributed by atoms with Crippen molar-refractivity contribution in [2.24, 2.45) is 0 Å². The van der Waals surface area contributed by atoms with Gasteiger partial charge in [-0.25, -0.2) is 14.4 Å². The SMILES string of the molecule is O=C(NCCc1cc(-c2ccc3ncnc(NCc4ccccc4)c3c2)ccc1F)c1ccccc1. The molecule has 0 radical (unpaired) electrons. The van der Waals surface area contributed by atoms with Gasteiger partial charge in [-0.3, -0.25) is 4.79 Å². The zero-order valence-electron chi connectivity index (χ0n) is 19.6. The highest BCUT2D eigenvalue weighted by molar-refractivity contribution is 5.94. The molecule has 2 N–H and O–H groups in total. The number of hydrogen-bond acceptors (Lipinski definition) is 4. The summed E-state index contributed by atoms with van der Waals surface area (Å²) < 4.78 is 14.6. The quantitative estimate of drug-likeness (QED) is 0.287. The molecule has 0 atom stereocenters. The fourth-order valence-corrected chi connectivity index (χ4v) is 4.11. The number of aromatic nitrogens is 2. The van der Waals surface area contributed by atoms with Crippen molar-refractivity contribution in [3.8, 4) is 11.1 Å². The molecule has 0 unspecified atom stereocenters. The van der Waals surface area contributed by atoms with E-state index in [1.54, 1.807) is 24.5 Å². The first kappa shape index (κ1) is 23.2. The second kappa shape index (κ2) is 10.8. The van der Waals surface area contributed by atoms with Gasteiger partial charge in [-0.1, -0.05) is 60.7 Å². The van der Waals surface area contributed by atoms with Gasteiger partial charge in [0.1, 0.15) is 18.0 Å².